The zero-order chi connectivity index (χ0) is 8.10. The summed E-state index contributed by atoms with van der Waals surface area (Å²) in [5, 5.41) is 0. The topological polar surface area (TPSA) is 3.24 Å². The molecule has 0 saturated carbocycles. The van der Waals surface area contributed by atoms with Gasteiger partial charge in [0, 0.05) is 6.54 Å². The van der Waals surface area contributed by atoms with Crippen LogP contribution in [0.3, 0.4) is 0 Å². The van der Waals surface area contributed by atoms with Crippen molar-refractivity contribution < 1.29 is 0 Å². The standard InChI is InChI=1S/C10H19N/c1-3-4-7-11-8-5-10(2)6-9-11/h3-4,10H,5-9H2,1-2H3/b4-3+. The molecule has 1 aliphatic rings. The second-order valence-electron chi connectivity index (χ2n) is 3.55. The van der Waals surface area contributed by atoms with Crippen LogP contribution in [0.1, 0.15) is 26.7 Å². The Bertz CT molecular complexity index is 121. The summed E-state index contributed by atoms with van der Waals surface area (Å²) in [5.41, 5.74) is 0. The van der Waals surface area contributed by atoms with Crippen LogP contribution in [0.2, 0.25) is 0 Å². The summed E-state index contributed by atoms with van der Waals surface area (Å²) in [4.78, 5) is 2.53. The van der Waals surface area contributed by atoms with Crippen LogP contribution in [0, 0.1) is 5.92 Å². The second kappa shape index (κ2) is 4.55. The third kappa shape index (κ3) is 3.06. The van der Waals surface area contributed by atoms with Gasteiger partial charge in [0.05, 0.1) is 0 Å². The molecule has 1 heteroatoms. The molecule has 0 spiro atoms. The van der Waals surface area contributed by atoms with Gasteiger partial charge < -0.3 is 0 Å². The van der Waals surface area contributed by atoms with Crippen LogP contribution in [0.15, 0.2) is 12.2 Å². The first-order valence-corrected chi connectivity index (χ1v) is 4.66. The molecule has 1 fully saturated rings. The van der Waals surface area contributed by atoms with E-state index < -0.39 is 0 Å². The number of hydrogen-bond donors (Lipinski definition) is 0. The number of rotatable bonds is 2. The third-order valence-electron chi connectivity index (χ3n) is 2.48. The van der Waals surface area contributed by atoms with Gasteiger partial charge in [0.15, 0.2) is 0 Å². The van der Waals surface area contributed by atoms with Gasteiger partial charge in [0.2, 0.25) is 0 Å². The van der Waals surface area contributed by atoms with Crippen molar-refractivity contribution in [2.75, 3.05) is 19.6 Å². The Morgan fingerprint density at radius 1 is 1.36 bits per heavy atom. The van der Waals surface area contributed by atoms with Gasteiger partial charge >= 0.3 is 0 Å². The molecular weight excluding hydrogens is 134 g/mol. The van der Waals surface area contributed by atoms with Gasteiger partial charge in [-0.05, 0) is 38.8 Å². The Morgan fingerprint density at radius 3 is 2.55 bits per heavy atom. The lowest BCUT2D eigenvalue weighted by Crippen LogP contribution is -2.32. The number of likely N-dealkylation sites (tertiary alicyclic amines) is 1. The summed E-state index contributed by atoms with van der Waals surface area (Å²) < 4.78 is 0. The highest BCUT2D eigenvalue weighted by molar-refractivity contribution is 4.82. The summed E-state index contributed by atoms with van der Waals surface area (Å²) in [6, 6.07) is 0. The third-order valence-corrected chi connectivity index (χ3v) is 2.48. The molecule has 0 aromatic rings. The van der Waals surface area contributed by atoms with Gasteiger partial charge in [-0.2, -0.15) is 0 Å². The molecule has 0 aromatic carbocycles. The van der Waals surface area contributed by atoms with E-state index in [4.69, 9.17) is 0 Å². The van der Waals surface area contributed by atoms with E-state index in [2.05, 4.69) is 30.9 Å². The molecule has 1 rings (SSSR count). The van der Waals surface area contributed by atoms with E-state index in [1.54, 1.807) is 0 Å². The molecule has 0 radical (unpaired) electrons. The highest BCUT2D eigenvalue weighted by atomic mass is 15.1. The Kier molecular flexibility index (Phi) is 3.64. The van der Waals surface area contributed by atoms with E-state index in [9.17, 15) is 0 Å². The fourth-order valence-corrected chi connectivity index (χ4v) is 1.50. The summed E-state index contributed by atoms with van der Waals surface area (Å²) in [7, 11) is 0. The average Bonchev–Trinajstić information content (AvgIpc) is 2.04. The molecule has 64 valence electrons. The highest BCUT2D eigenvalue weighted by Gasteiger charge is 2.13. The number of piperidine rings is 1. The normalized spacial score (nSPS) is 23.1. The lowest BCUT2D eigenvalue weighted by Gasteiger charge is -2.28. The molecule has 11 heavy (non-hydrogen) atoms. The van der Waals surface area contributed by atoms with Crippen molar-refractivity contribution >= 4 is 0 Å². The summed E-state index contributed by atoms with van der Waals surface area (Å²) >= 11 is 0. The van der Waals surface area contributed by atoms with Gasteiger partial charge in [-0.15, -0.1) is 0 Å². The Balaban J connectivity index is 2.17. The van der Waals surface area contributed by atoms with E-state index in [0.717, 1.165) is 12.5 Å². The molecule has 0 N–H and O–H groups in total. The average molecular weight is 153 g/mol. The highest BCUT2D eigenvalue weighted by Crippen LogP contribution is 2.15. The quantitative estimate of drug-likeness (QED) is 0.550. The van der Waals surface area contributed by atoms with Crippen LogP contribution < -0.4 is 0 Å². The van der Waals surface area contributed by atoms with Crippen LogP contribution in [-0.4, -0.2) is 24.5 Å². The minimum absolute atomic E-state index is 0.955. The van der Waals surface area contributed by atoms with E-state index in [0.29, 0.717) is 0 Å². The minimum atomic E-state index is 0.955. The van der Waals surface area contributed by atoms with E-state index in [-0.39, 0.29) is 0 Å². The molecule has 0 amide bonds. The molecule has 1 aliphatic heterocycles. The largest absolute Gasteiger partial charge is 0.300 e. The van der Waals surface area contributed by atoms with Crippen LogP contribution in [0.4, 0.5) is 0 Å². The Hall–Kier alpha value is -0.300. The van der Waals surface area contributed by atoms with Gasteiger partial charge in [-0.25, -0.2) is 0 Å². The zero-order valence-electron chi connectivity index (χ0n) is 7.71. The summed E-state index contributed by atoms with van der Waals surface area (Å²) in [5.74, 6) is 0.955. The lowest BCUT2D eigenvalue weighted by molar-refractivity contribution is 0.210. The second-order valence-corrected chi connectivity index (χ2v) is 3.55. The van der Waals surface area contributed by atoms with Gasteiger partial charge in [0.1, 0.15) is 0 Å². The number of allylic oxidation sites excluding steroid dienone is 1. The molecular formula is C10H19N. The fourth-order valence-electron chi connectivity index (χ4n) is 1.50. The van der Waals surface area contributed by atoms with Gasteiger partial charge in [-0.3, -0.25) is 4.90 Å². The number of hydrogen-bond acceptors (Lipinski definition) is 1. The minimum Gasteiger partial charge on any atom is -0.300 e. The molecule has 1 saturated heterocycles. The van der Waals surface area contributed by atoms with Crippen molar-refractivity contribution in [3.63, 3.8) is 0 Å². The van der Waals surface area contributed by atoms with Crippen molar-refractivity contribution in [1.82, 2.24) is 4.90 Å². The van der Waals surface area contributed by atoms with Crippen molar-refractivity contribution in [1.29, 1.82) is 0 Å². The monoisotopic (exact) mass is 153 g/mol. The van der Waals surface area contributed by atoms with Crippen LogP contribution in [0.5, 0.6) is 0 Å². The Labute approximate surface area is 70.1 Å². The predicted molar refractivity (Wildman–Crippen MR) is 49.7 cm³/mol. The van der Waals surface area contributed by atoms with E-state index >= 15 is 0 Å². The van der Waals surface area contributed by atoms with Crippen molar-refractivity contribution in [3.8, 4) is 0 Å². The van der Waals surface area contributed by atoms with Crippen LogP contribution in [0.25, 0.3) is 0 Å². The summed E-state index contributed by atoms with van der Waals surface area (Å²) in [6.45, 7) is 8.19. The van der Waals surface area contributed by atoms with Crippen LogP contribution in [-0.2, 0) is 0 Å². The maximum absolute atomic E-state index is 2.53. The predicted octanol–water partition coefficient (Wildman–Crippen LogP) is 2.29. The first kappa shape index (κ1) is 8.79. The Morgan fingerprint density at radius 2 is 2.00 bits per heavy atom. The first-order valence-electron chi connectivity index (χ1n) is 4.66. The van der Waals surface area contributed by atoms with Crippen molar-refractivity contribution in [3.05, 3.63) is 12.2 Å². The molecule has 1 heterocycles. The van der Waals surface area contributed by atoms with Gasteiger partial charge in [0.25, 0.3) is 0 Å². The van der Waals surface area contributed by atoms with Crippen molar-refractivity contribution in [2.45, 2.75) is 26.7 Å². The molecule has 0 bridgehead atoms. The number of nitrogens with zero attached hydrogens (tertiary/aromatic N) is 1. The molecule has 0 aliphatic carbocycles. The van der Waals surface area contributed by atoms with Crippen molar-refractivity contribution in [2.24, 2.45) is 5.92 Å². The zero-order valence-corrected chi connectivity index (χ0v) is 7.71. The van der Waals surface area contributed by atoms with E-state index in [1.165, 1.54) is 25.9 Å². The summed E-state index contributed by atoms with van der Waals surface area (Å²) in [6.07, 6.45) is 7.16. The molecule has 1 nitrogen and oxygen atoms in total. The smallest absolute Gasteiger partial charge is 0.0163 e. The SMILES string of the molecule is C/C=C/CN1CCC(C)CC1. The maximum atomic E-state index is 2.53. The van der Waals surface area contributed by atoms with Crippen LogP contribution >= 0.6 is 0 Å². The van der Waals surface area contributed by atoms with E-state index in [1.807, 2.05) is 0 Å². The fraction of sp³-hybridized carbons (Fsp3) is 0.800. The van der Waals surface area contributed by atoms with Gasteiger partial charge in [-0.1, -0.05) is 19.1 Å². The molecule has 0 unspecified atom stereocenters. The maximum Gasteiger partial charge on any atom is 0.0163 e. The lowest BCUT2D eigenvalue weighted by atomic mass is 9.99. The first-order chi connectivity index (χ1) is 5.33. The molecule has 0 aromatic heterocycles. The molecule has 0 atom stereocenters.